The van der Waals surface area contributed by atoms with Crippen LogP contribution in [0.3, 0.4) is 0 Å². The fraction of sp³-hybridized carbons (Fsp3) is 0.571. The van der Waals surface area contributed by atoms with E-state index in [0.29, 0.717) is 23.2 Å². The minimum absolute atomic E-state index is 0.109. The van der Waals surface area contributed by atoms with Gasteiger partial charge in [-0.15, -0.1) is 0 Å². The van der Waals surface area contributed by atoms with Gasteiger partial charge in [0.1, 0.15) is 4.90 Å². The molecule has 0 atom stereocenters. The minimum atomic E-state index is -3.62. The van der Waals surface area contributed by atoms with Gasteiger partial charge in [0, 0.05) is 36.3 Å². The summed E-state index contributed by atoms with van der Waals surface area (Å²) in [5, 5.41) is 4.00. The van der Waals surface area contributed by atoms with Gasteiger partial charge in [0.2, 0.25) is 10.0 Å². The molecule has 1 aromatic carbocycles. The van der Waals surface area contributed by atoms with Crippen LogP contribution in [0.1, 0.15) is 32.3 Å². The third kappa shape index (κ3) is 3.71. The highest BCUT2D eigenvalue weighted by Gasteiger charge is 2.28. The lowest BCUT2D eigenvalue weighted by atomic mass is 10.2. The number of hydrogen-bond donors (Lipinski definition) is 1. The summed E-state index contributed by atoms with van der Waals surface area (Å²) in [6.45, 7) is 4.12. The monoisotopic (exact) mass is 350 g/mol. The van der Waals surface area contributed by atoms with Crippen LogP contribution in [0.5, 0.6) is 0 Å². The average molecular weight is 351 g/mol. The van der Waals surface area contributed by atoms with E-state index in [0.717, 1.165) is 12.8 Å². The predicted molar refractivity (Wildman–Crippen MR) is 86.4 cm³/mol. The van der Waals surface area contributed by atoms with Gasteiger partial charge in [-0.3, -0.25) is 0 Å². The largest absolute Gasteiger partial charge is 0.310 e. The molecule has 0 spiro atoms. The Morgan fingerprint density at radius 3 is 2.48 bits per heavy atom. The summed E-state index contributed by atoms with van der Waals surface area (Å²) < 4.78 is 26.5. The molecule has 118 valence electrons. The van der Waals surface area contributed by atoms with Crippen LogP contribution in [0.25, 0.3) is 0 Å². The van der Waals surface area contributed by atoms with Crippen molar-refractivity contribution in [3.8, 4) is 0 Å². The van der Waals surface area contributed by atoms with Gasteiger partial charge in [-0.1, -0.05) is 23.2 Å². The Balaban J connectivity index is 2.37. The van der Waals surface area contributed by atoms with Gasteiger partial charge >= 0.3 is 0 Å². The maximum absolute atomic E-state index is 12.6. The second-order valence-electron chi connectivity index (χ2n) is 5.61. The van der Waals surface area contributed by atoms with Crippen LogP contribution in [-0.4, -0.2) is 31.9 Å². The summed E-state index contributed by atoms with van der Waals surface area (Å²) in [7, 11) is -2.07. The average Bonchev–Trinajstić information content (AvgIpc) is 3.21. The topological polar surface area (TPSA) is 49.4 Å². The molecule has 2 rings (SSSR count). The van der Waals surface area contributed by atoms with Crippen LogP contribution >= 0.6 is 23.2 Å². The van der Waals surface area contributed by atoms with Gasteiger partial charge in [0.25, 0.3) is 0 Å². The zero-order valence-corrected chi connectivity index (χ0v) is 14.7. The first-order valence-electron chi connectivity index (χ1n) is 6.93. The first kappa shape index (κ1) is 17.0. The first-order chi connectivity index (χ1) is 9.75. The zero-order valence-electron chi connectivity index (χ0n) is 12.4. The van der Waals surface area contributed by atoms with E-state index in [4.69, 9.17) is 23.2 Å². The van der Waals surface area contributed by atoms with Crippen molar-refractivity contribution in [2.24, 2.45) is 0 Å². The summed E-state index contributed by atoms with van der Waals surface area (Å²) in [5.74, 6) is 0. The quantitative estimate of drug-likeness (QED) is 0.856. The van der Waals surface area contributed by atoms with E-state index >= 15 is 0 Å². The Kier molecular flexibility index (Phi) is 5.21. The smallest absolute Gasteiger partial charge is 0.244 e. The van der Waals surface area contributed by atoms with Gasteiger partial charge in [0.15, 0.2) is 0 Å². The summed E-state index contributed by atoms with van der Waals surface area (Å²) in [4.78, 5) is 0.109. The predicted octanol–water partition coefficient (Wildman–Crippen LogP) is 3.27. The number of rotatable bonds is 6. The van der Waals surface area contributed by atoms with Crippen LogP contribution in [0.15, 0.2) is 17.0 Å². The molecular weight excluding hydrogens is 331 g/mol. The van der Waals surface area contributed by atoms with Crippen LogP contribution in [0.2, 0.25) is 10.0 Å². The molecule has 1 aliphatic rings. The van der Waals surface area contributed by atoms with Gasteiger partial charge < -0.3 is 5.32 Å². The maximum atomic E-state index is 12.6. The number of sulfonamides is 1. The van der Waals surface area contributed by atoms with Crippen molar-refractivity contribution in [2.75, 3.05) is 7.05 Å². The molecule has 7 heteroatoms. The molecule has 0 saturated heterocycles. The molecule has 1 aromatic rings. The fourth-order valence-corrected chi connectivity index (χ4v) is 4.16. The molecular formula is C14H20Cl2N2O2S. The summed E-state index contributed by atoms with van der Waals surface area (Å²) in [6.07, 6.45) is 2.28. The fourth-order valence-electron chi connectivity index (χ4n) is 1.90. The number of nitrogens with zero attached hydrogens (tertiary/aromatic N) is 1. The maximum Gasteiger partial charge on any atom is 0.244 e. The number of benzene rings is 1. The lowest BCUT2D eigenvalue weighted by Crippen LogP contribution is -2.33. The van der Waals surface area contributed by atoms with E-state index in [1.54, 1.807) is 13.1 Å². The highest BCUT2D eigenvalue weighted by molar-refractivity contribution is 7.89. The highest BCUT2D eigenvalue weighted by Crippen LogP contribution is 2.33. The third-order valence-electron chi connectivity index (χ3n) is 3.68. The Labute approximate surface area is 136 Å². The second-order valence-corrected chi connectivity index (χ2v) is 8.36. The molecule has 1 fully saturated rings. The summed E-state index contributed by atoms with van der Waals surface area (Å²) in [6, 6.07) is 3.42. The zero-order chi connectivity index (χ0) is 15.8. The normalized spacial score (nSPS) is 16.0. The van der Waals surface area contributed by atoms with Crippen molar-refractivity contribution < 1.29 is 8.42 Å². The van der Waals surface area contributed by atoms with E-state index < -0.39 is 10.0 Å². The SMILES string of the molecule is CC(C)N(C)S(=O)(=O)c1ccc(Cl)c(CNC2CC2)c1Cl. The number of halogens is 2. The van der Waals surface area contributed by atoms with Crippen molar-refractivity contribution in [1.29, 1.82) is 0 Å². The van der Waals surface area contributed by atoms with E-state index in [1.807, 2.05) is 13.8 Å². The summed E-state index contributed by atoms with van der Waals surface area (Å²) in [5.41, 5.74) is 0.642. The molecule has 0 unspecified atom stereocenters. The van der Waals surface area contributed by atoms with Crippen LogP contribution in [-0.2, 0) is 16.6 Å². The molecule has 0 heterocycles. The number of nitrogens with one attached hydrogen (secondary N) is 1. The Morgan fingerprint density at radius 2 is 1.95 bits per heavy atom. The van der Waals surface area contributed by atoms with Crippen LogP contribution in [0, 0.1) is 0 Å². The Hall–Kier alpha value is -0.330. The molecule has 0 amide bonds. The second kappa shape index (κ2) is 6.42. The lowest BCUT2D eigenvalue weighted by Gasteiger charge is -2.22. The number of hydrogen-bond acceptors (Lipinski definition) is 3. The van der Waals surface area contributed by atoms with Crippen molar-refractivity contribution in [2.45, 2.75) is 50.2 Å². The van der Waals surface area contributed by atoms with E-state index in [9.17, 15) is 8.42 Å². The Morgan fingerprint density at radius 1 is 1.33 bits per heavy atom. The molecule has 1 aliphatic carbocycles. The lowest BCUT2D eigenvalue weighted by molar-refractivity contribution is 0.410. The summed E-state index contributed by atoms with van der Waals surface area (Å²) >= 11 is 12.5. The van der Waals surface area contributed by atoms with E-state index in [1.165, 1.54) is 10.4 Å². The molecule has 1 N–H and O–H groups in total. The first-order valence-corrected chi connectivity index (χ1v) is 9.13. The van der Waals surface area contributed by atoms with Crippen LogP contribution < -0.4 is 5.32 Å². The molecule has 4 nitrogen and oxygen atoms in total. The van der Waals surface area contributed by atoms with Gasteiger partial charge in [0.05, 0.1) is 5.02 Å². The van der Waals surface area contributed by atoms with Crippen molar-refractivity contribution in [1.82, 2.24) is 9.62 Å². The van der Waals surface area contributed by atoms with Crippen molar-refractivity contribution in [3.63, 3.8) is 0 Å². The molecule has 1 saturated carbocycles. The molecule has 0 radical (unpaired) electrons. The van der Waals surface area contributed by atoms with E-state index in [-0.39, 0.29) is 16.0 Å². The minimum Gasteiger partial charge on any atom is -0.310 e. The van der Waals surface area contributed by atoms with E-state index in [2.05, 4.69) is 5.32 Å². The Bertz CT molecular complexity index is 628. The molecule has 0 bridgehead atoms. The molecule has 21 heavy (non-hydrogen) atoms. The van der Waals surface area contributed by atoms with Gasteiger partial charge in [-0.05, 0) is 38.8 Å². The standard InChI is InChI=1S/C14H20Cl2N2O2S/c1-9(2)18(3)21(19,20)13-7-6-12(15)11(14(13)16)8-17-10-4-5-10/h6-7,9-10,17H,4-5,8H2,1-3H3. The van der Waals surface area contributed by atoms with Gasteiger partial charge in [-0.25, -0.2) is 8.42 Å². The highest BCUT2D eigenvalue weighted by atomic mass is 35.5. The van der Waals surface area contributed by atoms with Gasteiger partial charge in [-0.2, -0.15) is 4.31 Å². The van der Waals surface area contributed by atoms with Crippen LogP contribution in [0.4, 0.5) is 0 Å². The molecule has 0 aliphatic heterocycles. The molecule has 0 aromatic heterocycles. The van der Waals surface area contributed by atoms with Crippen molar-refractivity contribution in [3.05, 3.63) is 27.7 Å². The van der Waals surface area contributed by atoms with Crippen molar-refractivity contribution >= 4 is 33.2 Å². The third-order valence-corrected chi connectivity index (χ3v) is 6.65.